The van der Waals surface area contributed by atoms with Crippen molar-refractivity contribution in [2.75, 3.05) is 27.9 Å². The second-order valence-corrected chi connectivity index (χ2v) is 12.6. The number of ether oxygens (including phenoxy) is 2. The van der Waals surface area contributed by atoms with Gasteiger partial charge in [0.25, 0.3) is 0 Å². The number of hydrogen-bond acceptors (Lipinski definition) is 6. The van der Waals surface area contributed by atoms with Crippen LogP contribution in [0.4, 0.5) is 35.1 Å². The van der Waals surface area contributed by atoms with Gasteiger partial charge in [-0.05, 0) is 24.5 Å². The van der Waals surface area contributed by atoms with Gasteiger partial charge in [-0.3, -0.25) is 0 Å². The summed E-state index contributed by atoms with van der Waals surface area (Å²) in [6.07, 6.45) is 0.443. The van der Waals surface area contributed by atoms with Crippen LogP contribution < -0.4 is 0 Å². The Morgan fingerprint density at radius 1 is 0.721 bits per heavy atom. The summed E-state index contributed by atoms with van der Waals surface area (Å²) >= 11 is 0. The number of rotatable bonds is 17. The highest BCUT2D eigenvalue weighted by molar-refractivity contribution is 6.60. The van der Waals surface area contributed by atoms with Gasteiger partial charge in [0.2, 0.25) is 0 Å². The predicted octanol–water partition coefficient (Wildman–Crippen LogP) is 7.25. The topological polar surface area (TPSA) is 63.2 Å². The fraction of sp³-hybridized carbons (Fsp3) is 0.464. The van der Waals surface area contributed by atoms with Gasteiger partial charge in [-0.1, -0.05) is 55.1 Å². The molecule has 0 aliphatic rings. The molecule has 0 unspecified atom stereocenters. The zero-order valence-electron chi connectivity index (χ0n) is 23.8. The lowest BCUT2D eigenvalue weighted by Crippen LogP contribution is -2.59. The summed E-state index contributed by atoms with van der Waals surface area (Å²) in [5.74, 6) is -25.3. The summed E-state index contributed by atoms with van der Waals surface area (Å²) in [5, 5.41) is 0. The van der Waals surface area contributed by atoms with Crippen LogP contribution in [0.5, 0.6) is 0 Å². The fourth-order valence-electron chi connectivity index (χ4n) is 3.79. The van der Waals surface area contributed by atoms with Gasteiger partial charge < -0.3 is 22.8 Å². The van der Waals surface area contributed by atoms with Crippen molar-refractivity contribution in [2.45, 2.75) is 56.3 Å². The monoisotopic (exact) mass is 644 g/mol. The molecule has 0 amide bonds. The lowest BCUT2D eigenvalue weighted by Gasteiger charge is -2.37. The van der Waals surface area contributed by atoms with Crippen LogP contribution >= 0.6 is 0 Å². The van der Waals surface area contributed by atoms with Crippen LogP contribution in [-0.2, 0) is 52.6 Å². The second-order valence-electron chi connectivity index (χ2n) is 9.50. The summed E-state index contributed by atoms with van der Waals surface area (Å²) < 4.78 is 144. The molecule has 0 saturated carbocycles. The quantitative estimate of drug-likeness (QED) is 0.0595. The maximum atomic E-state index is 14.8. The molecule has 43 heavy (non-hydrogen) atoms. The minimum atomic E-state index is -6.52. The van der Waals surface area contributed by atoms with Gasteiger partial charge in [-0.2, -0.15) is 35.1 Å². The van der Waals surface area contributed by atoms with Crippen molar-refractivity contribution in [1.29, 1.82) is 0 Å². The van der Waals surface area contributed by atoms with Crippen LogP contribution in [0.15, 0.2) is 60.7 Å². The molecule has 0 bridgehead atoms. The van der Waals surface area contributed by atoms with Crippen LogP contribution in [0, 0.1) is 0 Å². The van der Waals surface area contributed by atoms with Crippen molar-refractivity contribution in [3.63, 3.8) is 0 Å². The molecule has 0 aliphatic carbocycles. The van der Waals surface area contributed by atoms with Crippen molar-refractivity contribution in [3.8, 4) is 0 Å². The Morgan fingerprint density at radius 2 is 1.12 bits per heavy atom. The molecule has 0 saturated heterocycles. The van der Waals surface area contributed by atoms with E-state index in [2.05, 4.69) is 6.58 Å². The highest BCUT2D eigenvalue weighted by Gasteiger charge is 2.81. The summed E-state index contributed by atoms with van der Waals surface area (Å²) in [4.78, 5) is 11.4. The Bertz CT molecular complexity index is 1210. The first-order chi connectivity index (χ1) is 19.9. The number of esters is 1. The molecular weight excluding hydrogens is 612 g/mol. The molecule has 240 valence electrons. The lowest BCUT2D eigenvalue weighted by atomic mass is 9.90. The summed E-state index contributed by atoms with van der Waals surface area (Å²) in [5.41, 5.74) is -2.92. The van der Waals surface area contributed by atoms with Gasteiger partial charge in [0.05, 0.1) is 6.61 Å². The second kappa shape index (κ2) is 14.3. The molecule has 15 heteroatoms. The van der Waals surface area contributed by atoms with Crippen LogP contribution in [0.25, 0.3) is 0 Å². The SMILES string of the molecule is C=C(C)C(=O)OCc1ccc(C(F)(F)C(F)(F)C(F)(F)C(F)(F)c2ccc(COCCC[Si](OC)(OC)OC)cc2)cc1. The van der Waals surface area contributed by atoms with Crippen molar-refractivity contribution < 1.29 is 62.7 Å². The summed E-state index contributed by atoms with van der Waals surface area (Å²) in [6, 6.07) is 5.53. The first-order valence-electron chi connectivity index (χ1n) is 12.7. The van der Waals surface area contributed by atoms with Crippen molar-refractivity contribution >= 4 is 14.8 Å². The zero-order chi connectivity index (χ0) is 32.7. The first-order valence-corrected chi connectivity index (χ1v) is 14.6. The Morgan fingerprint density at radius 3 is 1.49 bits per heavy atom. The normalized spacial score (nSPS) is 13.2. The molecule has 0 N–H and O–H groups in total. The van der Waals surface area contributed by atoms with E-state index < -0.39 is 56.2 Å². The molecule has 0 radical (unpaired) electrons. The van der Waals surface area contributed by atoms with Gasteiger partial charge in [0.15, 0.2) is 0 Å². The van der Waals surface area contributed by atoms with E-state index in [4.69, 9.17) is 22.8 Å². The number of hydrogen-bond donors (Lipinski definition) is 0. The molecule has 6 nitrogen and oxygen atoms in total. The Labute approximate surface area is 244 Å². The summed E-state index contributed by atoms with van der Waals surface area (Å²) in [7, 11) is 1.48. The molecule has 2 rings (SSSR count). The molecule has 0 spiro atoms. The first kappa shape index (κ1) is 36.3. The predicted molar refractivity (Wildman–Crippen MR) is 141 cm³/mol. The van der Waals surface area contributed by atoms with E-state index in [1.165, 1.54) is 28.3 Å². The summed E-state index contributed by atoms with van der Waals surface area (Å²) in [6.45, 7) is 4.25. The van der Waals surface area contributed by atoms with Crippen molar-refractivity contribution in [2.24, 2.45) is 0 Å². The maximum Gasteiger partial charge on any atom is 0.500 e. The van der Waals surface area contributed by atoms with Gasteiger partial charge in [-0.15, -0.1) is 0 Å². The zero-order valence-corrected chi connectivity index (χ0v) is 24.8. The van der Waals surface area contributed by atoms with E-state index in [1.54, 1.807) is 0 Å². The average molecular weight is 645 g/mol. The smallest absolute Gasteiger partial charge is 0.457 e. The highest BCUT2D eigenvalue weighted by atomic mass is 28.4. The third-order valence-corrected chi connectivity index (χ3v) is 9.34. The Kier molecular flexibility index (Phi) is 12.1. The minimum Gasteiger partial charge on any atom is -0.457 e. The standard InChI is InChI=1S/C28H32F8O6Si/c1-19(2)24(37)42-18-21-9-13-23(14-10-21)26(31,32)28(35,36)27(33,34)25(29,30)22-11-7-20(8-12-22)17-41-15-6-16-43(38-3,39-4)40-5/h7-14H,1,6,15-18H2,2-5H3. The third-order valence-electron chi connectivity index (χ3n) is 6.51. The van der Waals surface area contributed by atoms with Crippen LogP contribution in [-0.4, -0.2) is 54.6 Å². The maximum absolute atomic E-state index is 14.8. The van der Waals surface area contributed by atoms with Crippen molar-refractivity contribution in [3.05, 3.63) is 82.9 Å². The molecule has 2 aromatic rings. The number of alkyl halides is 8. The number of carbonyl (C=O) groups is 1. The van der Waals surface area contributed by atoms with Crippen LogP contribution in [0.2, 0.25) is 6.04 Å². The molecule has 2 aromatic carbocycles. The largest absolute Gasteiger partial charge is 0.500 e. The fourth-order valence-corrected chi connectivity index (χ4v) is 5.48. The molecule has 0 atom stereocenters. The molecule has 0 aliphatic heterocycles. The average Bonchev–Trinajstić information content (AvgIpc) is 2.98. The molecule has 0 aromatic heterocycles. The van der Waals surface area contributed by atoms with E-state index in [-0.39, 0.29) is 29.9 Å². The van der Waals surface area contributed by atoms with Gasteiger partial charge in [0.1, 0.15) is 6.61 Å². The van der Waals surface area contributed by atoms with E-state index in [0.717, 1.165) is 24.3 Å². The Hall–Kier alpha value is -2.85. The van der Waals surface area contributed by atoms with Crippen LogP contribution in [0.3, 0.4) is 0 Å². The van der Waals surface area contributed by atoms with Gasteiger partial charge in [0, 0.05) is 50.7 Å². The molecule has 0 fully saturated rings. The van der Waals surface area contributed by atoms with E-state index in [9.17, 15) is 39.9 Å². The number of carbonyl (C=O) groups excluding carboxylic acids is 1. The molecule has 0 heterocycles. The number of halogens is 8. The Balaban J connectivity index is 2.13. The number of benzene rings is 2. The van der Waals surface area contributed by atoms with E-state index in [1.807, 2.05) is 0 Å². The van der Waals surface area contributed by atoms with E-state index in [0.29, 0.717) is 36.7 Å². The lowest BCUT2D eigenvalue weighted by molar-refractivity contribution is -0.374. The highest BCUT2D eigenvalue weighted by Crippen LogP contribution is 2.59. The third kappa shape index (κ3) is 7.81. The minimum absolute atomic E-state index is 0.0331. The van der Waals surface area contributed by atoms with Crippen LogP contribution in [0.1, 0.15) is 35.6 Å². The molecular formula is C28H32F8O6Si. The van der Waals surface area contributed by atoms with Gasteiger partial charge in [-0.25, -0.2) is 4.79 Å². The van der Waals surface area contributed by atoms with Gasteiger partial charge >= 0.3 is 38.5 Å². The van der Waals surface area contributed by atoms with Crippen molar-refractivity contribution in [1.82, 2.24) is 0 Å². The van der Waals surface area contributed by atoms with E-state index >= 15 is 0 Å².